The molecule has 6 heteroatoms. The van der Waals surface area contributed by atoms with Crippen LogP contribution in [-0.4, -0.2) is 43.8 Å². The van der Waals surface area contributed by atoms with Crippen molar-refractivity contribution in [3.8, 4) is 0 Å². The van der Waals surface area contributed by atoms with E-state index in [0.29, 0.717) is 11.4 Å². The summed E-state index contributed by atoms with van der Waals surface area (Å²) in [5, 5.41) is 0.633. The van der Waals surface area contributed by atoms with Gasteiger partial charge in [-0.05, 0) is 42.5 Å². The summed E-state index contributed by atoms with van der Waals surface area (Å²) in [5.41, 5.74) is 2.14. The van der Waals surface area contributed by atoms with Crippen LogP contribution in [0.15, 0.2) is 18.2 Å². The Morgan fingerprint density at radius 1 is 1.38 bits per heavy atom. The molecule has 0 saturated carbocycles. The summed E-state index contributed by atoms with van der Waals surface area (Å²) in [6.45, 7) is 0. The Morgan fingerprint density at radius 2 is 2.14 bits per heavy atom. The Morgan fingerprint density at radius 3 is 2.86 bits per heavy atom. The summed E-state index contributed by atoms with van der Waals surface area (Å²) in [5.74, 6) is 0.165. The zero-order valence-electron chi connectivity index (χ0n) is 11.9. The highest BCUT2D eigenvalue weighted by molar-refractivity contribution is 7.91. The van der Waals surface area contributed by atoms with Gasteiger partial charge in [0.1, 0.15) is 0 Å². The molecule has 0 spiro atoms. The van der Waals surface area contributed by atoms with Crippen molar-refractivity contribution in [2.45, 2.75) is 31.2 Å². The highest BCUT2D eigenvalue weighted by Crippen LogP contribution is 2.38. The third kappa shape index (κ3) is 2.81. The second-order valence-corrected chi connectivity index (χ2v) is 8.62. The normalized spacial score (nSPS) is 26.6. The average molecular weight is 328 g/mol. The number of hydrogen-bond donors (Lipinski definition) is 0. The van der Waals surface area contributed by atoms with Gasteiger partial charge < -0.3 is 4.90 Å². The SMILES string of the molecule is CN(C(=O)C1Cc2ccc(Cl)cc21)C1CCCS(=O)(=O)C1. The fraction of sp³-hybridized carbons (Fsp3) is 0.533. The van der Waals surface area contributed by atoms with E-state index in [1.165, 1.54) is 0 Å². The number of carbonyl (C=O) groups is 1. The van der Waals surface area contributed by atoms with E-state index in [1.807, 2.05) is 18.2 Å². The predicted octanol–water partition coefficient (Wildman–Crippen LogP) is 2.02. The van der Waals surface area contributed by atoms with E-state index >= 15 is 0 Å². The first-order valence-corrected chi connectivity index (χ1v) is 9.33. The monoisotopic (exact) mass is 327 g/mol. The number of benzene rings is 1. The Labute approximate surface area is 130 Å². The molecule has 1 aromatic rings. The summed E-state index contributed by atoms with van der Waals surface area (Å²) in [6.07, 6.45) is 2.11. The van der Waals surface area contributed by atoms with Crippen molar-refractivity contribution < 1.29 is 13.2 Å². The molecule has 2 unspecified atom stereocenters. The first-order chi connectivity index (χ1) is 9.87. The van der Waals surface area contributed by atoms with Gasteiger partial charge in [-0.25, -0.2) is 8.42 Å². The molecule has 21 heavy (non-hydrogen) atoms. The molecule has 1 fully saturated rings. The van der Waals surface area contributed by atoms with Crippen LogP contribution in [0.3, 0.4) is 0 Å². The molecule has 1 aromatic carbocycles. The molecular formula is C15H18ClNO3S. The first-order valence-electron chi connectivity index (χ1n) is 7.13. The minimum atomic E-state index is -3.01. The molecule has 4 nitrogen and oxygen atoms in total. The fourth-order valence-corrected chi connectivity index (χ4v) is 5.16. The molecule has 2 aliphatic rings. The summed E-state index contributed by atoms with van der Waals surface area (Å²) >= 11 is 5.98. The van der Waals surface area contributed by atoms with Crippen molar-refractivity contribution in [1.82, 2.24) is 4.90 Å². The van der Waals surface area contributed by atoms with Gasteiger partial charge in [0.25, 0.3) is 0 Å². The number of likely N-dealkylation sites (N-methyl/N-ethyl adjacent to an activating group) is 1. The average Bonchev–Trinajstić information content (AvgIpc) is 2.40. The van der Waals surface area contributed by atoms with Crippen LogP contribution >= 0.6 is 11.6 Å². The lowest BCUT2D eigenvalue weighted by molar-refractivity contribution is -0.134. The van der Waals surface area contributed by atoms with Gasteiger partial charge in [0.2, 0.25) is 5.91 Å². The van der Waals surface area contributed by atoms with E-state index in [1.54, 1.807) is 11.9 Å². The van der Waals surface area contributed by atoms with E-state index in [2.05, 4.69) is 0 Å². The van der Waals surface area contributed by atoms with Gasteiger partial charge in [-0.15, -0.1) is 0 Å². The molecule has 1 aliphatic heterocycles. The number of halogens is 1. The molecule has 0 radical (unpaired) electrons. The number of rotatable bonds is 2. The van der Waals surface area contributed by atoms with Gasteiger partial charge in [0.05, 0.1) is 17.4 Å². The van der Waals surface area contributed by atoms with Crippen molar-refractivity contribution in [3.05, 3.63) is 34.3 Å². The molecule has 1 saturated heterocycles. The second kappa shape index (κ2) is 5.29. The summed E-state index contributed by atoms with van der Waals surface area (Å²) in [4.78, 5) is 14.2. The van der Waals surface area contributed by atoms with Gasteiger partial charge in [0, 0.05) is 18.1 Å². The van der Waals surface area contributed by atoms with Gasteiger partial charge in [-0.3, -0.25) is 4.79 Å². The van der Waals surface area contributed by atoms with Crippen LogP contribution in [0.5, 0.6) is 0 Å². The molecular weight excluding hydrogens is 310 g/mol. The predicted molar refractivity (Wildman–Crippen MR) is 82.3 cm³/mol. The van der Waals surface area contributed by atoms with Crippen LogP contribution < -0.4 is 0 Å². The van der Waals surface area contributed by atoms with Crippen LogP contribution in [0, 0.1) is 0 Å². The Hall–Kier alpha value is -1.07. The smallest absolute Gasteiger partial charge is 0.230 e. The van der Waals surface area contributed by atoms with Gasteiger partial charge >= 0.3 is 0 Å². The minimum Gasteiger partial charge on any atom is -0.341 e. The lowest BCUT2D eigenvalue weighted by atomic mass is 9.76. The summed E-state index contributed by atoms with van der Waals surface area (Å²) in [6, 6.07) is 5.43. The summed E-state index contributed by atoms with van der Waals surface area (Å²) < 4.78 is 23.5. The maximum Gasteiger partial charge on any atom is 0.230 e. The highest BCUT2D eigenvalue weighted by atomic mass is 35.5. The number of fused-ring (bicyclic) bond motifs is 1. The number of carbonyl (C=O) groups excluding carboxylic acids is 1. The second-order valence-electron chi connectivity index (χ2n) is 5.96. The maximum atomic E-state index is 12.6. The van der Waals surface area contributed by atoms with Crippen molar-refractivity contribution in [3.63, 3.8) is 0 Å². The quantitative estimate of drug-likeness (QED) is 0.835. The third-order valence-corrected chi connectivity index (χ3v) is 6.58. The van der Waals surface area contributed by atoms with E-state index < -0.39 is 9.84 Å². The van der Waals surface area contributed by atoms with Crippen LogP contribution in [0.2, 0.25) is 5.02 Å². The van der Waals surface area contributed by atoms with Crippen molar-refractivity contribution in [2.24, 2.45) is 0 Å². The van der Waals surface area contributed by atoms with Gasteiger partial charge in [-0.2, -0.15) is 0 Å². The van der Waals surface area contributed by atoms with Crippen molar-refractivity contribution in [1.29, 1.82) is 0 Å². The third-order valence-electron chi connectivity index (χ3n) is 4.54. The molecule has 2 atom stereocenters. The first kappa shape index (κ1) is 14.9. The standard InChI is InChI=1S/C15H18ClNO3S/c1-17(12-3-2-6-21(19,20)9-12)15(18)14-7-10-4-5-11(16)8-13(10)14/h4-5,8,12,14H,2-3,6-7,9H2,1H3. The van der Waals surface area contributed by atoms with Gasteiger partial charge in [0.15, 0.2) is 9.84 Å². The zero-order valence-corrected chi connectivity index (χ0v) is 13.5. The minimum absolute atomic E-state index is 0.00636. The van der Waals surface area contributed by atoms with Crippen molar-refractivity contribution in [2.75, 3.05) is 18.6 Å². The lowest BCUT2D eigenvalue weighted by Crippen LogP contribution is -2.47. The van der Waals surface area contributed by atoms with Crippen LogP contribution in [0.1, 0.15) is 29.9 Å². The Bertz CT molecular complexity index is 686. The van der Waals surface area contributed by atoms with E-state index in [4.69, 9.17) is 11.6 Å². The molecule has 0 aromatic heterocycles. The largest absolute Gasteiger partial charge is 0.341 e. The Balaban J connectivity index is 1.74. The van der Waals surface area contributed by atoms with Crippen LogP contribution in [0.4, 0.5) is 0 Å². The molecule has 1 aliphatic carbocycles. The fourth-order valence-electron chi connectivity index (χ4n) is 3.23. The zero-order chi connectivity index (χ0) is 15.2. The highest BCUT2D eigenvalue weighted by Gasteiger charge is 2.37. The summed E-state index contributed by atoms with van der Waals surface area (Å²) in [7, 11) is -1.29. The van der Waals surface area contributed by atoms with Crippen molar-refractivity contribution >= 4 is 27.3 Å². The lowest BCUT2D eigenvalue weighted by Gasteiger charge is -2.37. The number of sulfone groups is 1. The molecule has 3 rings (SSSR count). The number of amides is 1. The topological polar surface area (TPSA) is 54.5 Å². The molecule has 114 valence electrons. The number of nitrogens with zero attached hydrogens (tertiary/aromatic N) is 1. The molecule has 1 amide bonds. The van der Waals surface area contributed by atoms with E-state index in [0.717, 1.165) is 24.0 Å². The van der Waals surface area contributed by atoms with E-state index in [9.17, 15) is 13.2 Å². The maximum absolute atomic E-state index is 12.6. The molecule has 0 bridgehead atoms. The van der Waals surface area contributed by atoms with Crippen LogP contribution in [-0.2, 0) is 21.1 Å². The van der Waals surface area contributed by atoms with Crippen LogP contribution in [0.25, 0.3) is 0 Å². The Kier molecular flexibility index (Phi) is 3.74. The number of hydrogen-bond acceptors (Lipinski definition) is 3. The molecule has 0 N–H and O–H groups in total. The van der Waals surface area contributed by atoms with E-state index in [-0.39, 0.29) is 29.4 Å². The molecule has 1 heterocycles. The van der Waals surface area contributed by atoms with Gasteiger partial charge in [-0.1, -0.05) is 17.7 Å².